The zero-order valence-electron chi connectivity index (χ0n) is 20.4. The zero-order valence-corrected chi connectivity index (χ0v) is 20.4. The molecule has 4 rings (SSSR count). The van der Waals surface area contributed by atoms with Gasteiger partial charge in [-0.05, 0) is 44.5 Å². The van der Waals surface area contributed by atoms with E-state index in [1.807, 2.05) is 20.9 Å². The SMILES string of the molecule is COc1cccc(C(=O)N2CC[N+](C)(C(=O)C3=NN(c4ccc(C)c(F)c4)C=C=N3)C(C)(C)C2)n1. The largest absolute Gasteiger partial charge is 0.481 e. The summed E-state index contributed by atoms with van der Waals surface area (Å²) in [4.78, 5) is 36.8. The number of amidine groups is 1. The average molecular weight is 480 g/mol. The molecule has 0 spiro atoms. The van der Waals surface area contributed by atoms with Crippen LogP contribution in [-0.2, 0) is 4.79 Å². The summed E-state index contributed by atoms with van der Waals surface area (Å²) in [6.07, 6.45) is 1.45. The molecular weight excluding hydrogens is 451 g/mol. The summed E-state index contributed by atoms with van der Waals surface area (Å²) in [5, 5.41) is 5.74. The fourth-order valence-electron chi connectivity index (χ4n) is 4.15. The molecule has 1 unspecified atom stereocenters. The van der Waals surface area contributed by atoms with Crippen molar-refractivity contribution in [3.05, 3.63) is 59.7 Å². The maximum absolute atomic E-state index is 14.1. The second-order valence-electron chi connectivity index (χ2n) is 9.40. The van der Waals surface area contributed by atoms with Crippen molar-refractivity contribution in [1.29, 1.82) is 0 Å². The third-order valence-electron chi connectivity index (χ3n) is 6.78. The molecule has 2 amide bonds. The second kappa shape index (κ2) is 9.05. The van der Waals surface area contributed by atoms with Crippen molar-refractivity contribution in [3.63, 3.8) is 0 Å². The molecule has 0 bridgehead atoms. The summed E-state index contributed by atoms with van der Waals surface area (Å²) in [6, 6.07) is 9.75. The van der Waals surface area contributed by atoms with Crippen LogP contribution in [0.25, 0.3) is 0 Å². The van der Waals surface area contributed by atoms with Crippen LogP contribution >= 0.6 is 0 Å². The molecule has 2 aliphatic rings. The van der Waals surface area contributed by atoms with Gasteiger partial charge in [-0.25, -0.2) is 23.7 Å². The van der Waals surface area contributed by atoms with Gasteiger partial charge < -0.3 is 9.64 Å². The van der Waals surface area contributed by atoms with Gasteiger partial charge in [-0.1, -0.05) is 12.1 Å². The van der Waals surface area contributed by atoms with Gasteiger partial charge in [0.1, 0.15) is 23.6 Å². The number of carbonyl (C=O) groups excluding carboxylic acids is 2. The van der Waals surface area contributed by atoms with Gasteiger partial charge in [-0.15, -0.1) is 5.10 Å². The van der Waals surface area contributed by atoms with Gasteiger partial charge in [0.15, 0.2) is 0 Å². The van der Waals surface area contributed by atoms with Gasteiger partial charge in [0, 0.05) is 11.9 Å². The Morgan fingerprint density at radius 1 is 1.23 bits per heavy atom. The Hall–Kier alpha value is -3.88. The van der Waals surface area contributed by atoms with E-state index in [9.17, 15) is 14.0 Å². The molecule has 1 atom stereocenters. The van der Waals surface area contributed by atoms with Gasteiger partial charge in [0.2, 0.25) is 5.88 Å². The third kappa shape index (κ3) is 4.45. The van der Waals surface area contributed by atoms with E-state index in [-0.39, 0.29) is 33.6 Å². The molecule has 1 saturated heterocycles. The Balaban J connectivity index is 1.56. The number of aromatic nitrogens is 1. The van der Waals surface area contributed by atoms with E-state index < -0.39 is 5.54 Å². The van der Waals surface area contributed by atoms with Crippen molar-refractivity contribution < 1.29 is 23.2 Å². The van der Waals surface area contributed by atoms with Crippen LogP contribution in [0.4, 0.5) is 10.1 Å². The van der Waals surface area contributed by atoms with Gasteiger partial charge in [-0.3, -0.25) is 4.79 Å². The molecule has 0 saturated carbocycles. The number of benzene rings is 1. The smallest absolute Gasteiger partial charge is 0.386 e. The predicted octanol–water partition coefficient (Wildman–Crippen LogP) is 2.76. The first-order valence-electron chi connectivity index (χ1n) is 11.2. The summed E-state index contributed by atoms with van der Waals surface area (Å²) in [5.74, 6) is 2.14. The Morgan fingerprint density at radius 2 is 2.00 bits per heavy atom. The van der Waals surface area contributed by atoms with Crippen LogP contribution in [0.2, 0.25) is 0 Å². The van der Waals surface area contributed by atoms with E-state index in [1.165, 1.54) is 24.4 Å². The number of methoxy groups -OCH3 is 1. The van der Waals surface area contributed by atoms with Crippen LogP contribution in [0.3, 0.4) is 0 Å². The van der Waals surface area contributed by atoms with Crippen molar-refractivity contribution in [3.8, 4) is 5.88 Å². The number of aryl methyl sites for hydroxylation is 1. The number of likely N-dealkylation sites (N-methyl/N-ethyl adjacent to an activating group) is 1. The number of piperazine rings is 1. The molecule has 1 aromatic carbocycles. The number of ether oxygens (including phenoxy) is 1. The number of hydrazone groups is 1. The van der Waals surface area contributed by atoms with E-state index >= 15 is 0 Å². The van der Waals surface area contributed by atoms with Crippen molar-refractivity contribution in [2.75, 3.05) is 38.8 Å². The van der Waals surface area contributed by atoms with Gasteiger partial charge in [0.05, 0.1) is 39.1 Å². The van der Waals surface area contributed by atoms with Gasteiger partial charge in [0.25, 0.3) is 11.7 Å². The molecule has 1 aromatic heterocycles. The molecule has 2 aliphatic heterocycles. The summed E-state index contributed by atoms with van der Waals surface area (Å²) in [6.45, 7) is 6.57. The lowest BCUT2D eigenvalue weighted by atomic mass is 9.94. The zero-order chi connectivity index (χ0) is 25.4. The van der Waals surface area contributed by atoms with E-state index in [1.54, 1.807) is 42.2 Å². The molecular formula is C25H28FN6O3+. The van der Waals surface area contributed by atoms with E-state index in [2.05, 4.69) is 20.9 Å². The maximum Gasteiger partial charge on any atom is 0.386 e. The monoisotopic (exact) mass is 479 g/mol. The Labute approximate surface area is 203 Å². The number of halogens is 1. The Kier molecular flexibility index (Phi) is 6.27. The standard InChI is InChI=1S/C25H28FN6O3/c1-17-9-10-18(15-19(17)26)31-12-11-27-22(29-31)24(34)32(4)14-13-30(16-25(32,2)3)23(33)20-7-6-8-21(28-20)35-5/h6-10,12,15H,13-14,16H2,1-5H3/q+1. The molecule has 1 fully saturated rings. The number of amides is 2. The number of hydrogen-bond acceptors (Lipinski definition) is 7. The normalized spacial score (nSPS) is 21.0. The summed E-state index contributed by atoms with van der Waals surface area (Å²) < 4.78 is 19.2. The van der Waals surface area contributed by atoms with Gasteiger partial charge >= 0.3 is 5.91 Å². The van der Waals surface area contributed by atoms with Crippen LogP contribution in [0.15, 0.2) is 52.7 Å². The molecule has 35 heavy (non-hydrogen) atoms. The minimum atomic E-state index is -0.649. The highest BCUT2D eigenvalue weighted by atomic mass is 19.1. The van der Waals surface area contributed by atoms with E-state index in [0.717, 1.165) is 0 Å². The third-order valence-corrected chi connectivity index (χ3v) is 6.78. The number of nitrogens with zero attached hydrogens (tertiary/aromatic N) is 6. The molecule has 0 aliphatic carbocycles. The molecule has 10 heteroatoms. The van der Waals surface area contributed by atoms with Crippen LogP contribution in [-0.4, -0.2) is 77.2 Å². The lowest BCUT2D eigenvalue weighted by Gasteiger charge is -2.50. The van der Waals surface area contributed by atoms with E-state index in [0.29, 0.717) is 36.8 Å². The molecule has 9 nitrogen and oxygen atoms in total. The number of hydrogen-bond donors (Lipinski definition) is 0. The molecule has 3 heterocycles. The number of anilines is 1. The fraction of sp³-hybridized carbons (Fsp3) is 0.360. The molecule has 0 N–H and O–H groups in total. The lowest BCUT2D eigenvalue weighted by molar-refractivity contribution is -0.885. The predicted molar refractivity (Wildman–Crippen MR) is 130 cm³/mol. The van der Waals surface area contributed by atoms with Crippen LogP contribution in [0.1, 0.15) is 29.9 Å². The van der Waals surface area contributed by atoms with Crippen molar-refractivity contribution in [1.82, 2.24) is 9.88 Å². The summed E-state index contributed by atoms with van der Waals surface area (Å²) in [5.41, 5.74) is 0.614. The minimum absolute atomic E-state index is 0.0115. The number of quaternary nitrogens is 1. The average Bonchev–Trinajstić information content (AvgIpc) is 2.86. The van der Waals surface area contributed by atoms with E-state index in [4.69, 9.17) is 4.74 Å². The highest BCUT2D eigenvalue weighted by Crippen LogP contribution is 2.30. The number of pyridine rings is 1. The highest BCUT2D eigenvalue weighted by Gasteiger charge is 2.53. The Bertz CT molecular complexity index is 1280. The number of aliphatic imine (C=N–C) groups is 1. The fourth-order valence-corrected chi connectivity index (χ4v) is 4.15. The Morgan fingerprint density at radius 3 is 2.69 bits per heavy atom. The topological polar surface area (TPSA) is 87.5 Å². The molecule has 182 valence electrons. The number of rotatable bonds is 4. The minimum Gasteiger partial charge on any atom is -0.481 e. The first-order chi connectivity index (χ1) is 16.6. The van der Waals surface area contributed by atoms with Gasteiger partial charge in [-0.2, -0.15) is 4.99 Å². The molecule has 0 radical (unpaired) electrons. The van der Waals surface area contributed by atoms with Crippen molar-refractivity contribution in [2.45, 2.75) is 26.3 Å². The number of carbonyl (C=O) groups is 2. The summed E-state index contributed by atoms with van der Waals surface area (Å²) in [7, 11) is 3.32. The van der Waals surface area contributed by atoms with Crippen molar-refractivity contribution >= 4 is 29.2 Å². The first kappa shape index (κ1) is 24.3. The quantitative estimate of drug-likeness (QED) is 0.630. The molecule has 2 aromatic rings. The first-order valence-corrected chi connectivity index (χ1v) is 11.2. The lowest BCUT2D eigenvalue weighted by Crippen LogP contribution is -2.73. The summed E-state index contributed by atoms with van der Waals surface area (Å²) >= 11 is 0. The van der Waals surface area contributed by atoms with Crippen LogP contribution in [0.5, 0.6) is 5.88 Å². The highest BCUT2D eigenvalue weighted by molar-refractivity contribution is 6.37. The maximum atomic E-state index is 14.1. The van der Waals surface area contributed by atoms with Crippen molar-refractivity contribution in [2.24, 2.45) is 10.1 Å². The van der Waals surface area contributed by atoms with Crippen LogP contribution in [0, 0.1) is 12.7 Å². The second-order valence-corrected chi connectivity index (χ2v) is 9.40. The van der Waals surface area contributed by atoms with Crippen LogP contribution < -0.4 is 9.75 Å².